The summed E-state index contributed by atoms with van der Waals surface area (Å²) in [4.78, 5) is 13.3. The van der Waals surface area contributed by atoms with Gasteiger partial charge in [0, 0.05) is 22.4 Å². The van der Waals surface area contributed by atoms with Gasteiger partial charge < -0.3 is 5.32 Å². The zero-order valence-corrected chi connectivity index (χ0v) is 12.2. The van der Waals surface area contributed by atoms with Gasteiger partial charge in [0.25, 0.3) is 0 Å². The highest BCUT2D eigenvalue weighted by molar-refractivity contribution is 7.99. The van der Waals surface area contributed by atoms with Crippen LogP contribution in [-0.4, -0.2) is 18.6 Å². The summed E-state index contributed by atoms with van der Waals surface area (Å²) in [5.41, 5.74) is 2.08. The van der Waals surface area contributed by atoms with E-state index in [0.29, 0.717) is 12.2 Å². The van der Waals surface area contributed by atoms with Gasteiger partial charge in [-0.15, -0.1) is 11.8 Å². The van der Waals surface area contributed by atoms with Gasteiger partial charge in [0.2, 0.25) is 0 Å². The molecule has 2 rings (SSSR count). The molecule has 1 aliphatic rings. The Labute approximate surface area is 114 Å². The maximum atomic E-state index is 12.1. The molecule has 1 unspecified atom stereocenters. The summed E-state index contributed by atoms with van der Waals surface area (Å²) in [5.74, 6) is 1.35. The normalized spacial score (nSPS) is 18.9. The van der Waals surface area contributed by atoms with Crippen LogP contribution in [0.4, 0.5) is 0 Å². The van der Waals surface area contributed by atoms with Crippen LogP contribution in [0.5, 0.6) is 0 Å². The average Bonchev–Trinajstić information content (AvgIpc) is 2.60. The van der Waals surface area contributed by atoms with E-state index >= 15 is 0 Å². The highest BCUT2D eigenvalue weighted by atomic mass is 32.2. The molecule has 1 aromatic carbocycles. The maximum absolute atomic E-state index is 12.1. The molecule has 1 aromatic rings. The van der Waals surface area contributed by atoms with E-state index in [4.69, 9.17) is 0 Å². The fourth-order valence-corrected chi connectivity index (χ4v) is 3.29. The summed E-state index contributed by atoms with van der Waals surface area (Å²) in [5, 5.41) is 3.36. The Kier molecular flexibility index (Phi) is 4.13. The lowest BCUT2D eigenvalue weighted by Gasteiger charge is -2.29. The Hall–Kier alpha value is -0.800. The first-order valence-corrected chi connectivity index (χ1v) is 7.58. The number of benzene rings is 1. The Bertz CT molecular complexity index is 452. The predicted molar refractivity (Wildman–Crippen MR) is 77.4 cm³/mol. The smallest absolute Gasteiger partial charge is 0.164 e. The predicted octanol–water partition coefficient (Wildman–Crippen LogP) is 3.60. The molecule has 18 heavy (non-hydrogen) atoms. The van der Waals surface area contributed by atoms with Crippen molar-refractivity contribution in [3.63, 3.8) is 0 Å². The standard InChI is InChI=1S/C15H21NOS/c1-4-15(2,16-3)11-7-8-14-12(10-11)13(17)6-5-9-18-14/h7-8,10,16H,4-6,9H2,1-3H3. The zero-order chi connectivity index (χ0) is 13.2. The molecule has 0 spiro atoms. The number of nitrogens with one attached hydrogen (secondary N) is 1. The van der Waals surface area contributed by atoms with Gasteiger partial charge >= 0.3 is 0 Å². The Morgan fingerprint density at radius 1 is 1.44 bits per heavy atom. The molecule has 0 saturated heterocycles. The topological polar surface area (TPSA) is 29.1 Å². The van der Waals surface area contributed by atoms with Crippen LogP contribution >= 0.6 is 11.8 Å². The van der Waals surface area contributed by atoms with Crippen molar-refractivity contribution in [3.05, 3.63) is 29.3 Å². The fraction of sp³-hybridized carbons (Fsp3) is 0.533. The molecule has 3 heteroatoms. The van der Waals surface area contributed by atoms with Gasteiger partial charge in [-0.1, -0.05) is 13.0 Å². The van der Waals surface area contributed by atoms with Crippen LogP contribution in [0, 0.1) is 0 Å². The molecular weight excluding hydrogens is 242 g/mol. The number of carbonyl (C=O) groups is 1. The van der Waals surface area contributed by atoms with Crippen LogP contribution in [0.15, 0.2) is 23.1 Å². The third-order valence-corrected chi connectivity index (χ3v) is 5.14. The highest BCUT2D eigenvalue weighted by Gasteiger charge is 2.25. The number of fused-ring (bicyclic) bond motifs is 1. The van der Waals surface area contributed by atoms with Gasteiger partial charge in [-0.3, -0.25) is 4.79 Å². The van der Waals surface area contributed by atoms with Crippen molar-refractivity contribution in [3.8, 4) is 0 Å². The minimum atomic E-state index is -0.0493. The van der Waals surface area contributed by atoms with Gasteiger partial charge in [-0.2, -0.15) is 0 Å². The molecule has 1 heterocycles. The van der Waals surface area contributed by atoms with Gasteiger partial charge in [0.05, 0.1) is 0 Å². The van der Waals surface area contributed by atoms with Crippen LogP contribution in [0.25, 0.3) is 0 Å². The summed E-state index contributed by atoms with van der Waals surface area (Å²) in [6.45, 7) is 4.35. The van der Waals surface area contributed by atoms with Crippen molar-refractivity contribution in [2.24, 2.45) is 0 Å². The third-order valence-electron chi connectivity index (χ3n) is 3.98. The van der Waals surface area contributed by atoms with Crippen molar-refractivity contribution in [1.29, 1.82) is 0 Å². The molecular formula is C15H21NOS. The molecule has 2 nitrogen and oxygen atoms in total. The quantitative estimate of drug-likeness (QED) is 0.903. The molecule has 1 aliphatic heterocycles. The molecule has 98 valence electrons. The van der Waals surface area contributed by atoms with E-state index in [-0.39, 0.29) is 5.54 Å². The molecule has 0 aromatic heterocycles. The third kappa shape index (κ3) is 2.47. The van der Waals surface area contributed by atoms with Crippen LogP contribution in [0.3, 0.4) is 0 Å². The lowest BCUT2D eigenvalue weighted by molar-refractivity contribution is 0.0980. The Morgan fingerprint density at radius 3 is 2.89 bits per heavy atom. The molecule has 0 bridgehead atoms. The molecule has 1 atom stereocenters. The van der Waals surface area contributed by atoms with Gasteiger partial charge in [0.15, 0.2) is 5.78 Å². The molecule has 0 radical (unpaired) electrons. The Morgan fingerprint density at radius 2 is 2.22 bits per heavy atom. The summed E-state index contributed by atoms with van der Waals surface area (Å²) in [6, 6.07) is 6.37. The van der Waals surface area contributed by atoms with E-state index in [9.17, 15) is 4.79 Å². The van der Waals surface area contributed by atoms with Crippen molar-refractivity contribution >= 4 is 17.5 Å². The average molecular weight is 263 g/mol. The fourth-order valence-electron chi connectivity index (χ4n) is 2.29. The first-order valence-electron chi connectivity index (χ1n) is 6.60. The highest BCUT2D eigenvalue weighted by Crippen LogP contribution is 2.33. The maximum Gasteiger partial charge on any atom is 0.164 e. The molecule has 0 saturated carbocycles. The first kappa shape index (κ1) is 13.6. The second-order valence-corrected chi connectivity index (χ2v) is 6.16. The number of carbonyl (C=O) groups excluding carboxylic acids is 1. The lowest BCUT2D eigenvalue weighted by Crippen LogP contribution is -2.36. The van der Waals surface area contributed by atoms with Crippen molar-refractivity contribution < 1.29 is 4.79 Å². The van der Waals surface area contributed by atoms with Crippen molar-refractivity contribution in [2.75, 3.05) is 12.8 Å². The van der Waals surface area contributed by atoms with Crippen molar-refractivity contribution in [2.45, 2.75) is 43.5 Å². The second-order valence-electron chi connectivity index (χ2n) is 5.02. The molecule has 0 fully saturated rings. The van der Waals surface area contributed by atoms with Crippen LogP contribution in [0.2, 0.25) is 0 Å². The molecule has 1 N–H and O–H groups in total. The van der Waals surface area contributed by atoms with Crippen LogP contribution in [-0.2, 0) is 5.54 Å². The SMILES string of the molecule is CCC(C)(NC)c1ccc2c(c1)C(=O)CCCS2. The van der Waals surface area contributed by atoms with E-state index in [1.54, 1.807) is 11.8 Å². The van der Waals surface area contributed by atoms with Crippen LogP contribution < -0.4 is 5.32 Å². The monoisotopic (exact) mass is 263 g/mol. The molecule has 0 amide bonds. The Balaban J connectivity index is 2.45. The number of ketones is 1. The minimum absolute atomic E-state index is 0.0493. The summed E-state index contributed by atoms with van der Waals surface area (Å²) in [6.07, 6.45) is 2.68. The van der Waals surface area contributed by atoms with E-state index in [1.165, 1.54) is 5.56 Å². The van der Waals surface area contributed by atoms with E-state index < -0.39 is 0 Å². The minimum Gasteiger partial charge on any atom is -0.311 e. The summed E-state index contributed by atoms with van der Waals surface area (Å²) >= 11 is 1.81. The lowest BCUT2D eigenvalue weighted by atomic mass is 9.88. The van der Waals surface area contributed by atoms with E-state index in [2.05, 4.69) is 37.4 Å². The van der Waals surface area contributed by atoms with E-state index in [1.807, 2.05) is 7.05 Å². The zero-order valence-electron chi connectivity index (χ0n) is 11.4. The van der Waals surface area contributed by atoms with E-state index in [0.717, 1.165) is 29.1 Å². The number of hydrogen-bond acceptors (Lipinski definition) is 3. The van der Waals surface area contributed by atoms with Gasteiger partial charge in [-0.05, 0) is 50.3 Å². The van der Waals surface area contributed by atoms with Crippen LogP contribution in [0.1, 0.15) is 49.0 Å². The number of Topliss-reactive ketones (excluding diaryl/α,β-unsaturated/α-hetero) is 1. The molecule has 0 aliphatic carbocycles. The largest absolute Gasteiger partial charge is 0.311 e. The van der Waals surface area contributed by atoms with Crippen molar-refractivity contribution in [1.82, 2.24) is 5.32 Å². The first-order chi connectivity index (χ1) is 8.60. The number of hydrogen-bond donors (Lipinski definition) is 1. The van der Waals surface area contributed by atoms with Gasteiger partial charge in [0.1, 0.15) is 0 Å². The van der Waals surface area contributed by atoms with Gasteiger partial charge in [-0.25, -0.2) is 0 Å². The number of thioether (sulfide) groups is 1. The summed E-state index contributed by atoms with van der Waals surface area (Å²) < 4.78 is 0. The number of rotatable bonds is 3. The summed E-state index contributed by atoms with van der Waals surface area (Å²) in [7, 11) is 1.98. The second kappa shape index (κ2) is 5.45.